The molecule has 12 atom stereocenters. The third-order valence-electron chi connectivity index (χ3n) is 19.2. The van der Waals surface area contributed by atoms with E-state index in [0.29, 0.717) is 82.4 Å². The number of primary amides is 9. The highest BCUT2D eigenvalue weighted by atomic mass is 35.5. The first kappa shape index (κ1) is 170. The van der Waals surface area contributed by atoms with Gasteiger partial charge in [-0.1, -0.05) is 69.2 Å². The Hall–Kier alpha value is -4.51. The first-order chi connectivity index (χ1) is 68.1. The molecule has 894 valence electrons. The van der Waals surface area contributed by atoms with Gasteiger partial charge in [0, 0.05) is 155 Å². The fraction of sp³-hybridized carbons (Fsp3) is 0.824. The molecule has 0 fully saturated rings. The zero-order valence-corrected chi connectivity index (χ0v) is 102. The van der Waals surface area contributed by atoms with Crippen molar-refractivity contribution in [3.05, 3.63) is 0 Å². The molecule has 0 aromatic heterocycles. The Morgan fingerprint density at radius 2 is 0.773 bits per heavy atom. The van der Waals surface area contributed by atoms with Crippen molar-refractivity contribution in [2.24, 2.45) is 127 Å². The second-order valence-corrected chi connectivity index (χ2v) is 51.4. The summed E-state index contributed by atoms with van der Waals surface area (Å²) in [5.41, 5.74) is 60.0. The van der Waals surface area contributed by atoms with Gasteiger partial charge in [0.2, 0.25) is 70.9 Å². The van der Waals surface area contributed by atoms with Crippen LogP contribution in [0.4, 0.5) is 0 Å². The van der Waals surface area contributed by atoms with Crippen molar-refractivity contribution >= 4 is 228 Å². The van der Waals surface area contributed by atoms with Crippen LogP contribution in [0.3, 0.4) is 0 Å². The number of aliphatic hydroxyl groups excluding tert-OH is 2. The molecule has 38 N–H and O–H groups in total. The van der Waals surface area contributed by atoms with E-state index < -0.39 is 104 Å². The van der Waals surface area contributed by atoms with Crippen LogP contribution >= 0.6 is 129 Å². The molecule has 12 unspecified atom stereocenters. The molecule has 65 heteroatoms. The van der Waals surface area contributed by atoms with Gasteiger partial charge >= 0.3 is 41.1 Å². The highest BCUT2D eigenvalue weighted by molar-refractivity contribution is 8.01. The number of rotatable bonds is 71. The van der Waals surface area contributed by atoms with Gasteiger partial charge < -0.3 is 166 Å². The molecule has 150 heavy (non-hydrogen) atoms. The van der Waals surface area contributed by atoms with E-state index in [-0.39, 0.29) is 166 Å². The predicted octanol–water partition coefficient (Wildman–Crippen LogP) is -2.95. The number of quaternary nitrogens is 2. The van der Waals surface area contributed by atoms with Crippen LogP contribution in [-0.2, 0) is 105 Å². The van der Waals surface area contributed by atoms with E-state index in [1.807, 2.05) is 44.3 Å². The average Bonchev–Trinajstić information content (AvgIpc) is 0.881. The Kier molecular flexibility index (Phi) is 114. The van der Waals surface area contributed by atoms with Gasteiger partial charge in [0.05, 0.1) is 113 Å². The van der Waals surface area contributed by atoms with Gasteiger partial charge in [-0.05, 0) is 96.3 Å². The molecular weight excluding hydrogens is 2250 g/mol. The molecule has 0 spiro atoms. The zero-order chi connectivity index (χ0) is 119. The summed E-state index contributed by atoms with van der Waals surface area (Å²) in [6.07, 6.45) is 4.04. The molecule has 0 saturated carbocycles. The first-order valence-electron chi connectivity index (χ1n) is 46.9. The lowest BCUT2D eigenvalue weighted by Gasteiger charge is -2.35. The summed E-state index contributed by atoms with van der Waals surface area (Å²) in [6.45, 7) is 36.0. The van der Waals surface area contributed by atoms with Crippen molar-refractivity contribution < 1.29 is 184 Å². The summed E-state index contributed by atoms with van der Waals surface area (Å²) in [6, 6.07) is -1.76. The lowest BCUT2D eigenvalue weighted by molar-refractivity contribution is -0.923. The maximum absolute atomic E-state index is 11.3. The maximum Gasteiger partial charge on any atom is 0.469 e. The first-order valence-corrected chi connectivity index (χ1v) is 63.8. The number of nitrogens with one attached hydrogen (secondary N) is 3. The Bertz CT molecular complexity index is 3930. The smallest absolute Gasteiger partial charge is 0.469 e. The van der Waals surface area contributed by atoms with Crippen LogP contribution < -0.4 is 97.2 Å². The Labute approximate surface area is 931 Å². The van der Waals surface area contributed by atoms with Gasteiger partial charge in [0.25, 0.3) is 0 Å². The molecule has 0 aliphatic heterocycles. The number of thioether (sulfide) groups is 9. The summed E-state index contributed by atoms with van der Waals surface area (Å²) < 4.78 is 68.8. The van der Waals surface area contributed by atoms with Crippen molar-refractivity contribution in [3.63, 3.8) is 0 Å². The third kappa shape index (κ3) is 129. The number of aliphatic carboxylic acids is 3. The number of aliphatic hydroxyl groups is 2. The van der Waals surface area contributed by atoms with Crippen molar-refractivity contribution in [3.8, 4) is 0 Å². The van der Waals surface area contributed by atoms with Crippen LogP contribution in [-0.4, -0.2) is 400 Å². The largest absolute Gasteiger partial charge is 1.00 e. The van der Waals surface area contributed by atoms with Gasteiger partial charge in [0.15, 0.2) is 0 Å². The van der Waals surface area contributed by atoms with Crippen molar-refractivity contribution in [1.82, 2.24) is 16.0 Å². The third-order valence-corrected chi connectivity index (χ3v) is 32.8. The normalized spacial score (nSPS) is 13.8. The average molecular weight is 2440 g/mol. The summed E-state index contributed by atoms with van der Waals surface area (Å²) in [4.78, 5) is 212. The topological polar surface area (TPSA) is 954 Å². The second kappa shape index (κ2) is 100.0. The number of phosphoric acid groups is 2. The molecule has 0 aromatic carbocycles. The van der Waals surface area contributed by atoms with Crippen LogP contribution in [0, 0.1) is 58.2 Å². The van der Waals surface area contributed by atoms with E-state index in [2.05, 4.69) is 80.8 Å². The highest BCUT2D eigenvalue weighted by Crippen LogP contribution is 2.37. The highest BCUT2D eigenvalue weighted by Gasteiger charge is 2.31. The standard InChI is InChI=1S/C13H28N2OS.C9H19N2O6PS.C9H19N2O5PS.C9H16N2O4S.C9H18N2O4S.C9H20N2OS.C7H14N2O3S.C7H17NS.C6H14NO5PS.C6H13NO2.CH4O3S.ClH/c1-5-15(6-2,7-3)9-8-10-17-11-12(4)13(14)16;1-7(9(10)13)6-19-5-2-8(12)11-3-4-17-18(14,15)16;1-7(9(10)13)6-18-5-2-8(12)11-3-4-17(14,15)16;1-5(8(10)14)4-16-6(2)9(15)11-3-7(12)13;1-9(4-12,8(11)15)5-16-3-2-6(10)7(13)14;1-8(9(10)12)7-13-6-5-11(2,3)4;1-4(6(9)10)2-13-3-5(8)7(11)12;1-7(2)6-9-5-3-4-8;1-5(6(7)8)4-14-3-2-12-13(9,10)11;1-3-6(2,4-8)5(7)9;1-5(2,3)4;/h12H,5-11H2,1-4H3,(H-,14,16);7H,2-6H2,1H3,(H2,10,13)(H,11,12)(H2,14,15,16);7H,2-6H2,1H3,(H2,10,13)(H,11,12)(H2,14,15,16);5-6H,3-4H2,1-2H3,(H2,10,14)(H,11,15)(H,12,13);6,12H,2-5,10H2,1H3,(H2,11,15)(H,13,14);8H,5-7H2,1-4H3,(H-,10,12);4-5H,2-3,8H2,1H3,(H2,9,10)(H,11,12);7H,3-6,8H2,1-2H3;5H,2-4H2,1H3,(H2,7,8)(H2,9,10,11);8H,3-4H2,1-2H3,(H2,7,9);1H3,(H,2,3,4);1H. The van der Waals surface area contributed by atoms with Crippen molar-refractivity contribution in [2.45, 2.75) is 167 Å². The molecular formula is C85H183ClN17O34P3S10. The Balaban J connectivity index is -0.000000141. The summed E-state index contributed by atoms with van der Waals surface area (Å²) in [5, 5.41) is 49.7. The van der Waals surface area contributed by atoms with E-state index in [1.54, 1.807) is 67.2 Å². The molecule has 0 aliphatic rings. The molecule has 0 aliphatic carbocycles. The number of carbonyl (C=O) groups excluding carboxylic acids is 12. The Morgan fingerprint density at radius 3 is 1.08 bits per heavy atom. The number of phosphoric ester groups is 2. The lowest BCUT2D eigenvalue weighted by Crippen LogP contribution is -3.00. The second-order valence-electron chi connectivity index (χ2n) is 35.3. The van der Waals surface area contributed by atoms with Crippen LogP contribution in [0.5, 0.6) is 0 Å². The maximum atomic E-state index is 11.3. The number of carboxylic acid groups (broad SMARTS) is 3. The van der Waals surface area contributed by atoms with E-state index in [4.69, 9.17) is 137 Å². The number of carbonyl (C=O) groups is 15. The Morgan fingerprint density at radius 1 is 0.440 bits per heavy atom. The van der Waals surface area contributed by atoms with Crippen LogP contribution in [0.2, 0.25) is 0 Å². The molecule has 0 aromatic rings. The molecule has 0 saturated heterocycles. The molecule has 0 bridgehead atoms. The quantitative estimate of drug-likeness (QED) is 0.0125. The number of nitrogens with zero attached hydrogens (tertiary/aromatic N) is 2. The van der Waals surface area contributed by atoms with Crippen molar-refractivity contribution in [2.75, 3.05) is 217 Å². The number of carboxylic acids is 3. The van der Waals surface area contributed by atoms with Gasteiger partial charge in [0.1, 0.15) is 18.6 Å². The molecule has 0 rings (SSSR count). The van der Waals surface area contributed by atoms with E-state index >= 15 is 0 Å². The SMILES string of the molecule is CC(C)CSCCCN.CC(CO)(CSCCC(N)C(=O)O)C(N)=O.CC(CSC(C)C(=O)NCC(=O)O)C(N)=O.CC(CSCC(N)C(=O)O)C(N)=O.CC(CSCCC(=O)NCCOP(=O)(O)O)C(N)=O.CC(CSCCC(=O)NCCP(=O)(O)O)C(N)=O.CC(CSCCOP(=O)(O)O)C(N)=O.CC(CSCC[N+](C)(C)C)C(N)=O.CCC(C)(CO)C(N)=O.CC[N+](CC)(CC)CCCSCC(C)C(N)=O.CS(=O)(=O)[O-].[Cl-]. The number of amides is 12. The molecule has 51 nitrogen and oxygen atoms in total. The minimum absolute atomic E-state index is 0. The van der Waals surface area contributed by atoms with Crippen LogP contribution in [0.1, 0.15) is 149 Å². The zero-order valence-electron chi connectivity index (χ0n) is 90.4. The monoisotopic (exact) mass is 2430 g/mol. The van der Waals surface area contributed by atoms with E-state index in [1.165, 1.54) is 119 Å². The van der Waals surface area contributed by atoms with E-state index in [9.17, 15) is 85.6 Å². The predicted molar refractivity (Wildman–Crippen MR) is 601 cm³/mol. The summed E-state index contributed by atoms with van der Waals surface area (Å²) in [7, 11) is -10.3. The van der Waals surface area contributed by atoms with Crippen molar-refractivity contribution in [1.29, 1.82) is 0 Å². The number of hydrogen-bond donors (Lipinski definition) is 26. The lowest BCUT2D eigenvalue weighted by atomic mass is 9.88. The van der Waals surface area contributed by atoms with Gasteiger partial charge in [-0.3, -0.25) is 85.5 Å². The number of nitrogens with two attached hydrogens (primary N) is 12. The fourth-order valence-corrected chi connectivity index (χ4v) is 18.8. The number of hydrogen-bond acceptors (Lipinski definition) is 37. The van der Waals surface area contributed by atoms with E-state index in [0.717, 1.165) is 52.9 Å². The minimum atomic E-state index is -4.47. The summed E-state index contributed by atoms with van der Waals surface area (Å²) >= 11 is 13.8. The number of halogens is 1. The fourth-order valence-electron chi connectivity index (χ4n) is 8.09. The van der Waals surface area contributed by atoms with Gasteiger partial charge in [-0.25, -0.2) is 17.5 Å². The molecule has 0 heterocycles. The summed E-state index contributed by atoms with van der Waals surface area (Å²) in [5.74, 6) is 3.97. The van der Waals surface area contributed by atoms with Gasteiger partial charge in [-0.15, -0.1) is 11.8 Å². The van der Waals surface area contributed by atoms with Crippen LogP contribution in [0.15, 0.2) is 0 Å². The minimum Gasteiger partial charge on any atom is -1.00 e. The molecule has 12 amide bonds. The van der Waals surface area contributed by atoms with Crippen LogP contribution in [0.25, 0.3) is 0 Å². The molecule has 0 radical (unpaired) electrons. The van der Waals surface area contributed by atoms with Gasteiger partial charge in [-0.2, -0.15) is 94.1 Å².